The normalized spacial score (nSPS) is 11.4. The first kappa shape index (κ1) is 10.9. The molecule has 74 valence electrons. The summed E-state index contributed by atoms with van der Waals surface area (Å²) in [6.07, 6.45) is 2.12. The molecule has 0 aliphatic carbocycles. The molecule has 0 radical (unpaired) electrons. The lowest BCUT2D eigenvalue weighted by Crippen LogP contribution is -2.43. The molecule has 0 atom stereocenters. The Balaban J connectivity index is 2.57. The molecule has 0 unspecified atom stereocenters. The first-order chi connectivity index (χ1) is 6.70. The molecule has 4 N–H and O–H groups in total. The van der Waals surface area contributed by atoms with E-state index in [4.69, 9.17) is 11.1 Å². The molecule has 3 heteroatoms. The predicted molar refractivity (Wildman–Crippen MR) is 63.7 cm³/mol. The molecule has 0 bridgehead atoms. The lowest BCUT2D eigenvalue weighted by molar-refractivity contribution is -0.110. The monoisotopic (exact) mass is 207 g/mol. The molecule has 0 spiro atoms. The van der Waals surface area contributed by atoms with E-state index >= 15 is 0 Å². The molecule has 0 aliphatic rings. The van der Waals surface area contributed by atoms with Gasteiger partial charge in [0.25, 0.3) is 5.17 Å². The van der Waals surface area contributed by atoms with Crippen LogP contribution in [0.25, 0.3) is 5.57 Å². The third-order valence-corrected chi connectivity index (χ3v) is 2.54. The van der Waals surface area contributed by atoms with Crippen LogP contribution in [0.3, 0.4) is 0 Å². The van der Waals surface area contributed by atoms with Gasteiger partial charge < -0.3 is 0 Å². The predicted octanol–water partition coefficient (Wildman–Crippen LogP) is 0.897. The Hall–Kier alpha value is -1.22. The first-order valence-electron chi connectivity index (χ1n) is 4.43. The van der Waals surface area contributed by atoms with Gasteiger partial charge >= 0.3 is 0 Å². The van der Waals surface area contributed by atoms with Crippen molar-refractivity contribution in [2.24, 2.45) is 5.73 Å². The molecule has 1 rings (SSSR count). The van der Waals surface area contributed by atoms with Crippen LogP contribution in [0.1, 0.15) is 12.5 Å². The van der Waals surface area contributed by atoms with Gasteiger partial charge in [0.2, 0.25) is 0 Å². The van der Waals surface area contributed by atoms with E-state index in [0.717, 1.165) is 5.75 Å². The molecule has 0 amide bonds. The van der Waals surface area contributed by atoms with Crippen LogP contribution >= 0.6 is 11.8 Å². The summed E-state index contributed by atoms with van der Waals surface area (Å²) in [4.78, 5) is 0. The van der Waals surface area contributed by atoms with E-state index in [1.807, 2.05) is 18.2 Å². The van der Waals surface area contributed by atoms with Gasteiger partial charge in [-0.3, -0.25) is 11.1 Å². The van der Waals surface area contributed by atoms with Gasteiger partial charge in [-0.2, -0.15) is 0 Å². The van der Waals surface area contributed by atoms with Crippen LogP contribution in [0.15, 0.2) is 36.4 Å². The maximum Gasteiger partial charge on any atom is 0.300 e. The van der Waals surface area contributed by atoms with Gasteiger partial charge in [-0.25, -0.2) is 0 Å². The van der Waals surface area contributed by atoms with Crippen molar-refractivity contribution in [3.8, 4) is 0 Å². The lowest BCUT2D eigenvalue weighted by Gasteiger charge is -1.99. The summed E-state index contributed by atoms with van der Waals surface area (Å²) in [6, 6.07) is 10.3. The molecule has 0 aliphatic heterocycles. The van der Waals surface area contributed by atoms with E-state index in [9.17, 15) is 0 Å². The van der Waals surface area contributed by atoms with Crippen LogP contribution in [0.2, 0.25) is 0 Å². The zero-order valence-electron chi connectivity index (χ0n) is 8.23. The van der Waals surface area contributed by atoms with Gasteiger partial charge in [0.05, 0.1) is 0 Å². The zero-order valence-corrected chi connectivity index (χ0v) is 9.05. The van der Waals surface area contributed by atoms with E-state index in [1.165, 1.54) is 22.9 Å². The second-order valence-corrected chi connectivity index (χ2v) is 4.06. The summed E-state index contributed by atoms with van der Waals surface area (Å²) in [6.45, 7) is 2.09. The highest BCUT2D eigenvalue weighted by Gasteiger charge is 1.96. The number of hydrogen-bond donors (Lipinski definition) is 2. The van der Waals surface area contributed by atoms with Crippen LogP contribution in [-0.4, -0.2) is 10.9 Å². The Morgan fingerprint density at radius 2 is 2.07 bits per heavy atom. The molecule has 0 heterocycles. The molecular weight excluding hydrogens is 192 g/mol. The van der Waals surface area contributed by atoms with Crippen molar-refractivity contribution in [2.45, 2.75) is 6.92 Å². The topological polar surface area (TPSA) is 51.6 Å². The van der Waals surface area contributed by atoms with Gasteiger partial charge in [-0.1, -0.05) is 36.4 Å². The number of rotatable bonds is 3. The van der Waals surface area contributed by atoms with Crippen LogP contribution in [-0.2, 0) is 0 Å². The molecule has 0 saturated carbocycles. The lowest BCUT2D eigenvalue weighted by atomic mass is 10.1. The molecule has 0 aromatic heterocycles. The highest BCUT2D eigenvalue weighted by Crippen LogP contribution is 2.13. The van der Waals surface area contributed by atoms with Crippen molar-refractivity contribution in [2.75, 3.05) is 5.75 Å². The standard InChI is InChI=1S/C11H14N2S/c1-9(7-8-14-11(12)13)10-5-3-2-4-6-10/h2-7H,8H2,1H3,(H3,12,13)/p+1/b9-7+. The first-order valence-corrected chi connectivity index (χ1v) is 5.41. The van der Waals surface area contributed by atoms with E-state index in [2.05, 4.69) is 25.1 Å². The van der Waals surface area contributed by atoms with E-state index < -0.39 is 0 Å². The second kappa shape index (κ2) is 5.50. The number of allylic oxidation sites excluding steroid dienone is 1. The van der Waals surface area contributed by atoms with Gasteiger partial charge in [0.1, 0.15) is 0 Å². The number of thioether (sulfide) groups is 1. The summed E-state index contributed by atoms with van der Waals surface area (Å²) < 4.78 is 0. The fraction of sp³-hybridized carbons (Fsp3) is 0.182. The fourth-order valence-corrected chi connectivity index (χ4v) is 1.61. The van der Waals surface area contributed by atoms with Crippen molar-refractivity contribution in [1.82, 2.24) is 0 Å². The summed E-state index contributed by atoms with van der Waals surface area (Å²) in [5.74, 6) is 0.822. The van der Waals surface area contributed by atoms with Crippen molar-refractivity contribution in [3.05, 3.63) is 42.0 Å². The average Bonchev–Trinajstić information content (AvgIpc) is 2.18. The van der Waals surface area contributed by atoms with Crippen LogP contribution in [0, 0.1) is 0 Å². The number of nitrogens with two attached hydrogens (primary N) is 2. The minimum Gasteiger partial charge on any atom is -0.282 e. The minimum atomic E-state index is 0.419. The van der Waals surface area contributed by atoms with Gasteiger partial charge in [-0.15, -0.1) is 0 Å². The maximum absolute atomic E-state index is 5.35. The van der Waals surface area contributed by atoms with Crippen molar-refractivity contribution >= 4 is 22.5 Å². The molecule has 0 fully saturated rings. The summed E-state index contributed by atoms with van der Waals surface area (Å²) in [5.41, 5.74) is 7.83. The molecule has 14 heavy (non-hydrogen) atoms. The summed E-state index contributed by atoms with van der Waals surface area (Å²) in [5, 5.41) is 5.76. The largest absolute Gasteiger partial charge is 0.300 e. The quantitative estimate of drug-likeness (QED) is 0.571. The molecule has 0 saturated heterocycles. The molecule has 1 aromatic carbocycles. The maximum atomic E-state index is 5.35. The second-order valence-electron chi connectivity index (χ2n) is 2.97. The Bertz CT molecular complexity index is 330. The van der Waals surface area contributed by atoms with Crippen LogP contribution < -0.4 is 11.1 Å². The summed E-state index contributed by atoms with van der Waals surface area (Å²) >= 11 is 1.45. The Morgan fingerprint density at radius 3 is 2.64 bits per heavy atom. The van der Waals surface area contributed by atoms with Gasteiger partial charge in [-0.05, 0) is 29.8 Å². The minimum absolute atomic E-state index is 0.419. The summed E-state index contributed by atoms with van der Waals surface area (Å²) in [7, 11) is 0. The average molecular weight is 207 g/mol. The van der Waals surface area contributed by atoms with Gasteiger partial charge in [0, 0.05) is 5.75 Å². The molecule has 2 nitrogen and oxygen atoms in total. The number of amidine groups is 1. The smallest absolute Gasteiger partial charge is 0.282 e. The van der Waals surface area contributed by atoms with Gasteiger partial charge in [0.15, 0.2) is 0 Å². The Labute approximate surface area is 88.7 Å². The van der Waals surface area contributed by atoms with E-state index in [-0.39, 0.29) is 0 Å². The molecular formula is C11H15N2S+. The zero-order chi connectivity index (χ0) is 10.4. The van der Waals surface area contributed by atoms with E-state index in [0.29, 0.717) is 5.17 Å². The highest BCUT2D eigenvalue weighted by atomic mass is 32.2. The SMILES string of the molecule is C/C(=C\CSC(N)=[NH2+])c1ccccc1. The van der Waals surface area contributed by atoms with Crippen molar-refractivity contribution < 1.29 is 5.41 Å². The number of benzene rings is 1. The fourth-order valence-electron chi connectivity index (χ4n) is 1.08. The van der Waals surface area contributed by atoms with Crippen LogP contribution in [0.4, 0.5) is 0 Å². The third-order valence-electron chi connectivity index (χ3n) is 1.87. The van der Waals surface area contributed by atoms with E-state index in [1.54, 1.807) is 0 Å². The Morgan fingerprint density at radius 1 is 1.43 bits per heavy atom. The number of hydrogen-bond acceptors (Lipinski definition) is 1. The third kappa shape index (κ3) is 3.66. The highest BCUT2D eigenvalue weighted by molar-refractivity contribution is 8.13. The Kier molecular flexibility index (Phi) is 4.26. The van der Waals surface area contributed by atoms with Crippen molar-refractivity contribution in [1.29, 1.82) is 0 Å². The molecule has 1 aromatic rings. The van der Waals surface area contributed by atoms with Crippen molar-refractivity contribution in [3.63, 3.8) is 0 Å². The van der Waals surface area contributed by atoms with Crippen LogP contribution in [0.5, 0.6) is 0 Å².